The van der Waals surface area contributed by atoms with Gasteiger partial charge in [0.25, 0.3) is 5.91 Å². The maximum atomic E-state index is 12.3. The summed E-state index contributed by atoms with van der Waals surface area (Å²) >= 11 is 11.6. The SMILES string of the molecule is Cn1c(Cc2ccccc2)nn(C[NH+](C)CC(=O)Nc2ccccc2Cl)c1=S. The molecule has 0 radical (unpaired) electrons. The number of aromatic nitrogens is 3. The Bertz CT molecular complexity index is 1010. The summed E-state index contributed by atoms with van der Waals surface area (Å²) in [5.41, 5.74) is 1.79. The summed E-state index contributed by atoms with van der Waals surface area (Å²) in [6.07, 6.45) is 0.708. The molecule has 2 N–H and O–H groups in total. The molecule has 3 aromatic rings. The van der Waals surface area contributed by atoms with E-state index in [4.69, 9.17) is 23.8 Å². The Morgan fingerprint density at radius 2 is 1.86 bits per heavy atom. The highest BCUT2D eigenvalue weighted by molar-refractivity contribution is 7.71. The van der Waals surface area contributed by atoms with Gasteiger partial charge in [-0.25, -0.2) is 0 Å². The molecular formula is C20H23ClN5OS+. The number of rotatable bonds is 7. The number of carbonyl (C=O) groups is 1. The molecule has 146 valence electrons. The van der Waals surface area contributed by atoms with Crippen LogP contribution in [0.25, 0.3) is 0 Å². The average Bonchev–Trinajstić information content (AvgIpc) is 2.92. The summed E-state index contributed by atoms with van der Waals surface area (Å²) in [6.45, 7) is 0.773. The number of hydrogen-bond acceptors (Lipinski definition) is 3. The van der Waals surface area contributed by atoms with Gasteiger partial charge in [-0.15, -0.1) is 0 Å². The van der Waals surface area contributed by atoms with Crippen LogP contribution in [0.3, 0.4) is 0 Å². The zero-order valence-electron chi connectivity index (χ0n) is 15.9. The van der Waals surface area contributed by atoms with Gasteiger partial charge >= 0.3 is 0 Å². The number of benzene rings is 2. The van der Waals surface area contributed by atoms with Crippen LogP contribution in [0.5, 0.6) is 0 Å². The van der Waals surface area contributed by atoms with Crippen LogP contribution in [0.15, 0.2) is 54.6 Å². The second kappa shape index (κ2) is 9.14. The van der Waals surface area contributed by atoms with E-state index in [1.54, 1.807) is 16.8 Å². The van der Waals surface area contributed by atoms with Gasteiger partial charge in [-0.05, 0) is 29.9 Å². The van der Waals surface area contributed by atoms with E-state index in [9.17, 15) is 4.79 Å². The van der Waals surface area contributed by atoms with E-state index in [0.717, 1.165) is 10.7 Å². The molecule has 1 atom stereocenters. The van der Waals surface area contributed by atoms with Crippen molar-refractivity contribution in [1.29, 1.82) is 0 Å². The summed E-state index contributed by atoms with van der Waals surface area (Å²) in [7, 11) is 3.85. The number of quaternary nitrogens is 1. The van der Waals surface area contributed by atoms with Crippen LogP contribution in [-0.2, 0) is 24.9 Å². The number of likely N-dealkylation sites (N-methyl/N-ethyl adjacent to an activating group) is 1. The molecular weight excluding hydrogens is 394 g/mol. The molecule has 0 aliphatic rings. The normalized spacial score (nSPS) is 12.0. The Balaban J connectivity index is 1.63. The number of carbonyl (C=O) groups excluding carboxylic acids is 1. The molecule has 8 heteroatoms. The lowest BCUT2D eigenvalue weighted by atomic mass is 10.1. The number of nitrogens with zero attached hydrogens (tertiary/aromatic N) is 3. The molecule has 28 heavy (non-hydrogen) atoms. The molecule has 6 nitrogen and oxygen atoms in total. The zero-order valence-corrected chi connectivity index (χ0v) is 17.4. The van der Waals surface area contributed by atoms with Crippen LogP contribution in [0.4, 0.5) is 5.69 Å². The molecule has 1 amide bonds. The molecule has 1 heterocycles. The van der Waals surface area contributed by atoms with Crippen LogP contribution in [0, 0.1) is 4.77 Å². The van der Waals surface area contributed by atoms with Crippen molar-refractivity contribution in [2.24, 2.45) is 7.05 Å². The van der Waals surface area contributed by atoms with Crippen molar-refractivity contribution in [2.75, 3.05) is 18.9 Å². The van der Waals surface area contributed by atoms with Crippen molar-refractivity contribution in [3.63, 3.8) is 0 Å². The largest absolute Gasteiger partial charge is 0.320 e. The summed E-state index contributed by atoms with van der Waals surface area (Å²) in [5, 5.41) is 8.01. The molecule has 0 fully saturated rings. The predicted molar refractivity (Wildman–Crippen MR) is 113 cm³/mol. The maximum absolute atomic E-state index is 12.3. The van der Waals surface area contributed by atoms with Gasteiger partial charge in [-0.1, -0.05) is 54.1 Å². The first-order chi connectivity index (χ1) is 13.4. The van der Waals surface area contributed by atoms with Crippen molar-refractivity contribution < 1.29 is 9.69 Å². The topological polar surface area (TPSA) is 56.3 Å². The molecule has 0 aliphatic carbocycles. The van der Waals surface area contributed by atoms with Crippen LogP contribution in [0.1, 0.15) is 11.4 Å². The maximum Gasteiger partial charge on any atom is 0.279 e. The monoisotopic (exact) mass is 416 g/mol. The van der Waals surface area contributed by atoms with Gasteiger partial charge in [-0.3, -0.25) is 4.79 Å². The van der Waals surface area contributed by atoms with Gasteiger partial charge in [-0.2, -0.15) is 9.78 Å². The number of halogens is 1. The summed E-state index contributed by atoms with van der Waals surface area (Å²) in [4.78, 5) is 13.3. The second-order valence-corrected chi connectivity index (χ2v) is 7.51. The minimum atomic E-state index is -0.113. The predicted octanol–water partition coefficient (Wildman–Crippen LogP) is 2.31. The highest BCUT2D eigenvalue weighted by Crippen LogP contribution is 2.19. The van der Waals surface area contributed by atoms with Gasteiger partial charge in [0.2, 0.25) is 4.77 Å². The lowest BCUT2D eigenvalue weighted by Crippen LogP contribution is -3.09. The van der Waals surface area contributed by atoms with Crippen molar-refractivity contribution in [2.45, 2.75) is 13.1 Å². The molecule has 3 rings (SSSR count). The van der Waals surface area contributed by atoms with Crippen molar-refractivity contribution in [1.82, 2.24) is 14.3 Å². The van der Waals surface area contributed by atoms with Crippen molar-refractivity contribution in [3.05, 3.63) is 75.8 Å². The van der Waals surface area contributed by atoms with Gasteiger partial charge in [0.15, 0.2) is 13.2 Å². The van der Waals surface area contributed by atoms with E-state index < -0.39 is 0 Å². The fourth-order valence-corrected chi connectivity index (χ4v) is 3.30. The van der Waals surface area contributed by atoms with Crippen LogP contribution >= 0.6 is 23.8 Å². The van der Waals surface area contributed by atoms with Gasteiger partial charge in [0, 0.05) is 13.5 Å². The number of nitrogens with one attached hydrogen (secondary N) is 2. The van der Waals surface area contributed by atoms with E-state index in [-0.39, 0.29) is 12.5 Å². The third-order valence-electron chi connectivity index (χ3n) is 4.37. The Morgan fingerprint density at radius 1 is 1.18 bits per heavy atom. The highest BCUT2D eigenvalue weighted by atomic mass is 35.5. The molecule has 1 aromatic heterocycles. The van der Waals surface area contributed by atoms with E-state index >= 15 is 0 Å². The number of para-hydroxylation sites is 1. The lowest BCUT2D eigenvalue weighted by molar-refractivity contribution is -0.895. The van der Waals surface area contributed by atoms with Gasteiger partial charge in [0.05, 0.1) is 17.8 Å². The molecule has 0 saturated heterocycles. The van der Waals surface area contributed by atoms with E-state index in [0.29, 0.717) is 28.6 Å². The zero-order chi connectivity index (χ0) is 20.1. The molecule has 0 spiro atoms. The van der Waals surface area contributed by atoms with Gasteiger partial charge in [0.1, 0.15) is 5.82 Å². The summed E-state index contributed by atoms with van der Waals surface area (Å²) < 4.78 is 4.32. The first-order valence-corrected chi connectivity index (χ1v) is 9.75. The second-order valence-electron chi connectivity index (χ2n) is 6.74. The fourth-order valence-electron chi connectivity index (χ4n) is 2.91. The Labute approximate surface area is 174 Å². The standard InChI is InChI=1S/C20H22ClN5OS/c1-24(13-19(27)22-17-11-7-6-10-16(17)21)14-26-20(28)25(2)18(23-26)12-15-8-4-3-5-9-15/h3-11H,12-14H2,1-2H3,(H,22,27)/p+1. The van der Waals surface area contributed by atoms with Crippen molar-refractivity contribution in [3.8, 4) is 0 Å². The Morgan fingerprint density at radius 3 is 2.57 bits per heavy atom. The first-order valence-electron chi connectivity index (χ1n) is 8.96. The van der Waals surface area contributed by atoms with Crippen LogP contribution < -0.4 is 10.2 Å². The van der Waals surface area contributed by atoms with Gasteiger partial charge < -0.3 is 14.8 Å². The fraction of sp³-hybridized carbons (Fsp3) is 0.250. The number of amides is 1. The minimum absolute atomic E-state index is 0.113. The molecule has 0 aliphatic heterocycles. The van der Waals surface area contributed by atoms with E-state index in [1.165, 1.54) is 5.56 Å². The highest BCUT2D eigenvalue weighted by Gasteiger charge is 2.15. The third-order valence-corrected chi connectivity index (χ3v) is 5.18. The Kier molecular flexibility index (Phi) is 6.61. The third kappa shape index (κ3) is 5.07. The number of hydrogen-bond donors (Lipinski definition) is 2. The number of anilines is 1. The molecule has 2 aromatic carbocycles. The molecule has 0 saturated carbocycles. The summed E-state index contributed by atoms with van der Waals surface area (Å²) in [6, 6.07) is 17.3. The van der Waals surface area contributed by atoms with E-state index in [1.807, 2.05) is 49.0 Å². The molecule has 1 unspecified atom stereocenters. The summed E-state index contributed by atoms with van der Waals surface area (Å²) in [5.74, 6) is 0.780. The van der Waals surface area contributed by atoms with Crippen LogP contribution in [0.2, 0.25) is 5.02 Å². The minimum Gasteiger partial charge on any atom is -0.320 e. The van der Waals surface area contributed by atoms with Crippen molar-refractivity contribution >= 4 is 35.4 Å². The van der Waals surface area contributed by atoms with E-state index in [2.05, 4.69) is 22.5 Å². The Hall–Kier alpha value is -2.48. The van der Waals surface area contributed by atoms with Crippen LogP contribution in [-0.4, -0.2) is 33.8 Å². The molecule has 0 bridgehead atoms. The first kappa shape index (κ1) is 20.3. The smallest absolute Gasteiger partial charge is 0.279 e. The quantitative estimate of drug-likeness (QED) is 0.581. The average molecular weight is 417 g/mol. The lowest BCUT2D eigenvalue weighted by Gasteiger charge is -2.14.